The number of nitrogens with one attached hydrogen (secondary N) is 1. The molecule has 1 unspecified atom stereocenters. The van der Waals surface area contributed by atoms with Gasteiger partial charge >= 0.3 is 6.18 Å². The van der Waals surface area contributed by atoms with E-state index in [1.165, 1.54) is 37.0 Å². The highest BCUT2D eigenvalue weighted by Gasteiger charge is 2.46. The number of halogens is 3. The van der Waals surface area contributed by atoms with Crippen LogP contribution in [0.3, 0.4) is 0 Å². The van der Waals surface area contributed by atoms with Gasteiger partial charge in [0.2, 0.25) is 0 Å². The van der Waals surface area contributed by atoms with Gasteiger partial charge in [0.1, 0.15) is 0 Å². The number of nitrogens with zero attached hydrogens (tertiary/aromatic N) is 1. The minimum absolute atomic E-state index is 0.309. The summed E-state index contributed by atoms with van der Waals surface area (Å²) in [5, 5.41) is 3.77. The molecule has 3 aliphatic rings. The molecule has 2 atom stereocenters. The molecule has 1 aliphatic heterocycles. The molecule has 0 radical (unpaired) electrons. The van der Waals surface area contributed by atoms with Crippen LogP contribution in [-0.2, 0) is 19.1 Å². The lowest BCUT2D eigenvalue weighted by Gasteiger charge is -2.32. The van der Waals surface area contributed by atoms with Gasteiger partial charge in [-0.2, -0.15) is 13.2 Å². The van der Waals surface area contributed by atoms with Gasteiger partial charge in [0.05, 0.1) is 5.56 Å². The van der Waals surface area contributed by atoms with Crippen LogP contribution in [0, 0.1) is 5.41 Å². The SMILES string of the molecule is FC(F)(F)c1ccc2c(c1)CN(CC1(CN[C@H]3CC3c3ccccc3)CC1)CC2. The molecule has 2 aliphatic carbocycles. The molecule has 2 fully saturated rings. The van der Waals surface area contributed by atoms with Crippen LogP contribution in [0.2, 0.25) is 0 Å². The van der Waals surface area contributed by atoms with Crippen molar-refractivity contribution in [3.63, 3.8) is 0 Å². The van der Waals surface area contributed by atoms with Crippen molar-refractivity contribution in [2.24, 2.45) is 5.41 Å². The van der Waals surface area contributed by atoms with Crippen molar-refractivity contribution in [3.8, 4) is 0 Å². The Morgan fingerprint density at radius 1 is 1.03 bits per heavy atom. The first-order valence-corrected chi connectivity index (χ1v) is 10.6. The van der Waals surface area contributed by atoms with Crippen molar-refractivity contribution < 1.29 is 13.2 Å². The molecule has 0 aromatic heterocycles. The van der Waals surface area contributed by atoms with Crippen molar-refractivity contribution >= 4 is 0 Å². The molecule has 2 saturated carbocycles. The highest BCUT2D eigenvalue weighted by atomic mass is 19.4. The van der Waals surface area contributed by atoms with Gasteiger partial charge in [-0.05, 0) is 59.9 Å². The van der Waals surface area contributed by atoms with Crippen LogP contribution in [0.15, 0.2) is 48.5 Å². The largest absolute Gasteiger partial charge is 0.416 e. The van der Waals surface area contributed by atoms with E-state index in [0.29, 0.717) is 23.9 Å². The molecular weight excluding hydrogens is 373 g/mol. The Balaban J connectivity index is 1.16. The molecular formula is C24H27F3N2. The number of hydrogen-bond donors (Lipinski definition) is 1. The smallest absolute Gasteiger partial charge is 0.313 e. The molecule has 1 N–H and O–H groups in total. The summed E-state index contributed by atoms with van der Waals surface area (Å²) in [5.74, 6) is 0.634. The summed E-state index contributed by atoms with van der Waals surface area (Å²) >= 11 is 0. The van der Waals surface area contributed by atoms with E-state index in [2.05, 4.69) is 40.5 Å². The van der Waals surface area contributed by atoms with Crippen molar-refractivity contribution in [2.75, 3.05) is 19.6 Å². The summed E-state index contributed by atoms with van der Waals surface area (Å²) in [7, 11) is 0. The molecule has 2 aromatic carbocycles. The average molecular weight is 400 g/mol. The van der Waals surface area contributed by atoms with Gasteiger partial charge in [0.15, 0.2) is 0 Å². The lowest BCUT2D eigenvalue weighted by atomic mass is 9.95. The van der Waals surface area contributed by atoms with E-state index in [9.17, 15) is 13.2 Å². The van der Waals surface area contributed by atoms with E-state index in [1.807, 2.05) is 0 Å². The van der Waals surface area contributed by atoms with Gasteiger partial charge < -0.3 is 5.32 Å². The monoisotopic (exact) mass is 400 g/mol. The first-order valence-electron chi connectivity index (χ1n) is 10.6. The molecule has 154 valence electrons. The molecule has 0 spiro atoms. The fourth-order valence-corrected chi connectivity index (χ4v) is 4.81. The molecule has 0 saturated heterocycles. The van der Waals surface area contributed by atoms with E-state index in [0.717, 1.165) is 37.2 Å². The highest BCUT2D eigenvalue weighted by Crippen LogP contribution is 2.48. The fourth-order valence-electron chi connectivity index (χ4n) is 4.81. The van der Waals surface area contributed by atoms with E-state index >= 15 is 0 Å². The van der Waals surface area contributed by atoms with Crippen molar-refractivity contribution in [1.29, 1.82) is 0 Å². The van der Waals surface area contributed by atoms with Gasteiger partial charge in [-0.25, -0.2) is 0 Å². The number of benzene rings is 2. The van der Waals surface area contributed by atoms with Gasteiger partial charge in [-0.1, -0.05) is 36.4 Å². The summed E-state index contributed by atoms with van der Waals surface area (Å²) in [6.07, 6.45) is 0.217. The quantitative estimate of drug-likeness (QED) is 0.735. The molecule has 2 nitrogen and oxygen atoms in total. The van der Waals surface area contributed by atoms with Crippen LogP contribution in [0.5, 0.6) is 0 Å². The van der Waals surface area contributed by atoms with E-state index in [1.54, 1.807) is 6.07 Å². The Morgan fingerprint density at radius 3 is 2.55 bits per heavy atom. The van der Waals surface area contributed by atoms with Crippen LogP contribution in [0.1, 0.15) is 47.4 Å². The molecule has 1 heterocycles. The zero-order valence-electron chi connectivity index (χ0n) is 16.5. The minimum Gasteiger partial charge on any atom is -0.313 e. The number of alkyl halides is 3. The lowest BCUT2D eigenvalue weighted by molar-refractivity contribution is -0.137. The topological polar surface area (TPSA) is 15.3 Å². The molecule has 5 rings (SSSR count). The molecule has 0 amide bonds. The van der Waals surface area contributed by atoms with Crippen LogP contribution < -0.4 is 5.32 Å². The Bertz CT molecular complexity index is 873. The number of hydrogen-bond acceptors (Lipinski definition) is 2. The normalized spacial score (nSPS) is 25.5. The van der Waals surface area contributed by atoms with Crippen molar-refractivity contribution in [1.82, 2.24) is 10.2 Å². The van der Waals surface area contributed by atoms with E-state index in [-0.39, 0.29) is 0 Å². The fraction of sp³-hybridized carbons (Fsp3) is 0.500. The molecule has 29 heavy (non-hydrogen) atoms. The van der Waals surface area contributed by atoms with Crippen LogP contribution in [-0.4, -0.2) is 30.6 Å². The number of rotatable bonds is 6. The molecule has 0 bridgehead atoms. The maximum absolute atomic E-state index is 13.1. The predicted octanol–water partition coefficient (Wildman–Crippen LogP) is 4.99. The summed E-state index contributed by atoms with van der Waals surface area (Å²) in [4.78, 5) is 2.36. The predicted molar refractivity (Wildman–Crippen MR) is 108 cm³/mol. The summed E-state index contributed by atoms with van der Waals surface area (Å²) in [6, 6.07) is 15.5. The zero-order chi connectivity index (χ0) is 20.1. The second kappa shape index (κ2) is 7.13. The van der Waals surface area contributed by atoms with Crippen LogP contribution in [0.4, 0.5) is 13.2 Å². The summed E-state index contributed by atoms with van der Waals surface area (Å²) < 4.78 is 39.2. The third-order valence-electron chi connectivity index (χ3n) is 6.90. The molecule has 2 aromatic rings. The van der Waals surface area contributed by atoms with Gasteiger partial charge in [-0.15, -0.1) is 0 Å². The first kappa shape index (κ1) is 19.1. The van der Waals surface area contributed by atoms with Crippen molar-refractivity contribution in [3.05, 3.63) is 70.8 Å². The lowest BCUT2D eigenvalue weighted by Crippen LogP contribution is -2.39. The van der Waals surface area contributed by atoms with E-state index < -0.39 is 11.7 Å². The Hall–Kier alpha value is -1.85. The Labute approximate surface area is 170 Å². The standard InChI is InChI=1S/C24H27F3N2/c25-24(26,27)20-7-6-17-8-11-29(14-19(17)12-20)16-23(9-10-23)15-28-22-13-21(22)18-4-2-1-3-5-18/h1-7,12,21-22,28H,8-11,13-16H2/t21?,22-/m0/s1. The number of fused-ring (bicyclic) bond motifs is 1. The minimum atomic E-state index is -4.27. The first-order chi connectivity index (χ1) is 13.9. The third-order valence-corrected chi connectivity index (χ3v) is 6.90. The summed E-state index contributed by atoms with van der Waals surface area (Å²) in [5.41, 5.74) is 3.12. The third kappa shape index (κ3) is 4.22. The Morgan fingerprint density at radius 2 is 1.83 bits per heavy atom. The van der Waals surface area contributed by atoms with Crippen LogP contribution >= 0.6 is 0 Å². The van der Waals surface area contributed by atoms with Gasteiger partial charge in [0, 0.05) is 38.1 Å². The van der Waals surface area contributed by atoms with E-state index in [4.69, 9.17) is 0 Å². The molecule has 5 heteroatoms. The highest BCUT2D eigenvalue weighted by molar-refractivity contribution is 5.35. The zero-order valence-corrected chi connectivity index (χ0v) is 16.5. The van der Waals surface area contributed by atoms with Gasteiger partial charge in [0.25, 0.3) is 0 Å². The Kier molecular flexibility index (Phi) is 4.71. The maximum atomic E-state index is 13.1. The maximum Gasteiger partial charge on any atom is 0.416 e. The second-order valence-electron chi connectivity index (χ2n) is 9.18. The van der Waals surface area contributed by atoms with Gasteiger partial charge in [-0.3, -0.25) is 4.90 Å². The van der Waals surface area contributed by atoms with Crippen molar-refractivity contribution in [2.45, 2.75) is 50.4 Å². The summed E-state index contributed by atoms with van der Waals surface area (Å²) in [6.45, 7) is 3.58. The van der Waals surface area contributed by atoms with Crippen LogP contribution in [0.25, 0.3) is 0 Å². The second-order valence-corrected chi connectivity index (χ2v) is 9.18. The average Bonchev–Trinajstić information content (AvgIpc) is 3.62.